The highest BCUT2D eigenvalue weighted by atomic mass is 19.2. The number of allylic oxidation sites excluding steroid dienone is 13. The van der Waals surface area contributed by atoms with Crippen molar-refractivity contribution in [3.63, 3.8) is 0 Å². The quantitative estimate of drug-likeness (QED) is 0.0865. The van der Waals surface area contributed by atoms with Crippen LogP contribution in [0.1, 0.15) is 36.8 Å². The lowest BCUT2D eigenvalue weighted by Crippen LogP contribution is -2.32. The molecule has 2 aliphatic heterocycles. The molecule has 0 bridgehead atoms. The third-order valence-electron chi connectivity index (χ3n) is 9.58. The molecule has 2 heterocycles. The van der Waals surface area contributed by atoms with Crippen LogP contribution in [0, 0.1) is 35.0 Å². The van der Waals surface area contributed by atoms with Crippen LogP contribution < -0.4 is 9.80 Å². The average Bonchev–Trinajstić information content (AvgIpc) is 3.32. The molecular weight excluding hydrogens is 659 g/mol. The first-order valence-electron chi connectivity index (χ1n) is 18.0. The molecule has 0 saturated carbocycles. The van der Waals surface area contributed by atoms with Crippen LogP contribution in [0.25, 0.3) is 5.57 Å². The Labute approximate surface area is 312 Å². The Morgan fingerprint density at radius 1 is 0.906 bits per heavy atom. The fourth-order valence-electron chi connectivity index (χ4n) is 6.81. The Morgan fingerprint density at radius 2 is 1.68 bits per heavy atom. The van der Waals surface area contributed by atoms with Crippen molar-refractivity contribution in [2.75, 3.05) is 22.9 Å². The summed E-state index contributed by atoms with van der Waals surface area (Å²) >= 11 is 0. The van der Waals surface area contributed by atoms with Gasteiger partial charge in [-0.1, -0.05) is 125 Å². The van der Waals surface area contributed by atoms with E-state index in [2.05, 4.69) is 142 Å². The van der Waals surface area contributed by atoms with Gasteiger partial charge in [0.1, 0.15) is 0 Å². The highest BCUT2D eigenvalue weighted by Gasteiger charge is 2.26. The lowest BCUT2D eigenvalue weighted by atomic mass is 9.80. The molecule has 6 heteroatoms. The first-order valence-corrected chi connectivity index (χ1v) is 18.0. The number of rotatable bonds is 11. The normalized spacial score (nSPS) is 21.4. The summed E-state index contributed by atoms with van der Waals surface area (Å²) in [7, 11) is 0. The van der Waals surface area contributed by atoms with Crippen LogP contribution in [-0.2, 0) is 6.42 Å². The zero-order valence-corrected chi connectivity index (χ0v) is 29.7. The van der Waals surface area contributed by atoms with Crippen LogP contribution >= 0.6 is 0 Å². The predicted molar refractivity (Wildman–Crippen MR) is 216 cm³/mol. The molecule has 0 N–H and O–H groups in total. The smallest absolute Gasteiger partial charge is 0.0866 e. The monoisotopic (exact) mass is 700 g/mol. The largest absolute Gasteiger partial charge is 0.339 e. The Bertz CT molecular complexity index is 2110. The maximum atomic E-state index is 14.4. The van der Waals surface area contributed by atoms with Gasteiger partial charge in [0.2, 0.25) is 0 Å². The minimum Gasteiger partial charge on any atom is -0.339 e. The molecule has 264 valence electrons. The maximum Gasteiger partial charge on any atom is 0.0866 e. The molecule has 0 amide bonds. The minimum atomic E-state index is -0.386. The topological polar surface area (TPSA) is 42.6 Å². The zero-order chi connectivity index (χ0) is 36.7. The standard InChI is InChI=1S/C47H42F2N4/c48-32-12-4-6-19-41(35-45(51-49)44(26-11-13-33-50)38-20-15-21-38)37-28-30-43(31-29-37)52-34-14-2-1-5-17-40-23-16-22-39-18-9-10-27-46(39)53(36-47(40)52)42-24-7-3-8-25-42/h1-12,14,16,18,23-32,35,38,44H,13,17,19-20,22,34,36H2/b5-1-,6-4-,14-2-,23-16-,26-11-,32-12-,41-35+,47-40+,51-45+. The summed E-state index contributed by atoms with van der Waals surface area (Å²) in [5.74, 6) is 5.67. The minimum absolute atomic E-state index is 0.0741. The molecule has 0 radical (unpaired) electrons. The molecule has 0 saturated heterocycles. The number of fused-ring (bicyclic) bond motifs is 1. The van der Waals surface area contributed by atoms with E-state index in [1.165, 1.54) is 28.6 Å². The summed E-state index contributed by atoms with van der Waals surface area (Å²) in [5.41, 5.74) is 9.01. The van der Waals surface area contributed by atoms with Crippen LogP contribution in [0.5, 0.6) is 0 Å². The first-order chi connectivity index (χ1) is 26.2. The van der Waals surface area contributed by atoms with E-state index >= 15 is 0 Å². The second kappa shape index (κ2) is 18.8. The van der Waals surface area contributed by atoms with Gasteiger partial charge in [0.05, 0.1) is 31.1 Å². The number of anilines is 3. The maximum absolute atomic E-state index is 14.4. The summed E-state index contributed by atoms with van der Waals surface area (Å²) in [6, 6.07) is 29.6. The molecule has 0 aromatic heterocycles. The summed E-state index contributed by atoms with van der Waals surface area (Å²) in [6.45, 7) is 1.32. The summed E-state index contributed by atoms with van der Waals surface area (Å²) in [4.78, 5) is 4.79. The fraction of sp³-hybridized carbons (Fsp3) is 0.191. The van der Waals surface area contributed by atoms with Crippen LogP contribution in [0.15, 0.2) is 175 Å². The van der Waals surface area contributed by atoms with Gasteiger partial charge in [-0.25, -0.2) is 4.39 Å². The van der Waals surface area contributed by atoms with Gasteiger partial charge in [-0.3, -0.25) is 0 Å². The highest BCUT2D eigenvalue weighted by Crippen LogP contribution is 2.36. The van der Waals surface area contributed by atoms with Gasteiger partial charge < -0.3 is 9.80 Å². The lowest BCUT2D eigenvalue weighted by molar-refractivity contribution is 0.515. The molecule has 53 heavy (non-hydrogen) atoms. The molecule has 3 aromatic rings. The van der Waals surface area contributed by atoms with Gasteiger partial charge in [-0.15, -0.1) is 5.92 Å². The molecule has 2 atom stereocenters. The molecule has 1 aliphatic carbocycles. The van der Waals surface area contributed by atoms with Gasteiger partial charge in [-0.2, -0.15) is 5.26 Å². The molecular formula is C47H42F2N4. The molecule has 3 aromatic carbocycles. The van der Waals surface area contributed by atoms with Crippen molar-refractivity contribution in [1.29, 1.82) is 5.26 Å². The number of para-hydroxylation sites is 2. The SMILES string of the molecule is N#CC/C=C\C(C(/C=C(\C/C=C\C=C/F)c1ccc(N2C/C=C\C=C/CC3=C\2CN(c2ccccc2)c2ccccc2C/C=C\3)cc1)=N/F)C1C#CC1. The predicted octanol–water partition coefficient (Wildman–Crippen LogP) is 11.5. The van der Waals surface area contributed by atoms with Crippen LogP contribution in [0.3, 0.4) is 0 Å². The average molecular weight is 701 g/mol. The summed E-state index contributed by atoms with van der Waals surface area (Å²) in [6.07, 6.45) is 26.7. The second-order valence-corrected chi connectivity index (χ2v) is 12.9. The first kappa shape index (κ1) is 36.5. The summed E-state index contributed by atoms with van der Waals surface area (Å²) < 4.78 is 27.2. The van der Waals surface area contributed by atoms with Crippen molar-refractivity contribution in [1.82, 2.24) is 0 Å². The number of hydrogen-bond acceptors (Lipinski definition) is 4. The number of halogens is 2. The molecule has 4 nitrogen and oxygen atoms in total. The van der Waals surface area contributed by atoms with E-state index in [0.29, 0.717) is 32.3 Å². The Kier molecular flexibility index (Phi) is 13.0. The van der Waals surface area contributed by atoms with Crippen molar-refractivity contribution in [3.8, 4) is 17.9 Å². The van der Waals surface area contributed by atoms with E-state index in [1.54, 1.807) is 18.2 Å². The van der Waals surface area contributed by atoms with Crippen LogP contribution in [-0.4, -0.2) is 18.8 Å². The van der Waals surface area contributed by atoms with E-state index in [4.69, 9.17) is 5.26 Å². The van der Waals surface area contributed by atoms with Gasteiger partial charge in [0.25, 0.3) is 0 Å². The van der Waals surface area contributed by atoms with Crippen molar-refractivity contribution < 1.29 is 8.87 Å². The van der Waals surface area contributed by atoms with Crippen LogP contribution in [0.4, 0.5) is 25.9 Å². The van der Waals surface area contributed by atoms with E-state index in [-0.39, 0.29) is 24.0 Å². The Hall–Kier alpha value is -6.24. The zero-order valence-electron chi connectivity index (χ0n) is 29.7. The lowest BCUT2D eigenvalue weighted by Gasteiger charge is -2.34. The molecule has 3 aliphatic rings. The van der Waals surface area contributed by atoms with E-state index in [0.717, 1.165) is 35.4 Å². The van der Waals surface area contributed by atoms with E-state index in [9.17, 15) is 8.87 Å². The number of hydrogen-bond donors (Lipinski definition) is 0. The third kappa shape index (κ3) is 9.36. The molecule has 6 rings (SSSR count). The Morgan fingerprint density at radius 3 is 2.43 bits per heavy atom. The van der Waals surface area contributed by atoms with Gasteiger partial charge in [-0.05, 0) is 84.0 Å². The van der Waals surface area contributed by atoms with Crippen molar-refractivity contribution in [3.05, 3.63) is 181 Å². The van der Waals surface area contributed by atoms with Gasteiger partial charge in [0, 0.05) is 47.6 Å². The molecule has 0 spiro atoms. The van der Waals surface area contributed by atoms with E-state index in [1.807, 2.05) is 18.2 Å². The Balaban J connectivity index is 1.40. The van der Waals surface area contributed by atoms with Gasteiger partial charge >= 0.3 is 0 Å². The second-order valence-electron chi connectivity index (χ2n) is 12.9. The summed E-state index contributed by atoms with van der Waals surface area (Å²) in [5, 5.41) is 12.3. The fourth-order valence-corrected chi connectivity index (χ4v) is 6.81. The van der Waals surface area contributed by atoms with Crippen molar-refractivity contribution in [2.45, 2.75) is 32.1 Å². The van der Waals surface area contributed by atoms with Crippen molar-refractivity contribution in [2.24, 2.45) is 17.1 Å². The number of benzene rings is 3. The number of nitrogens with zero attached hydrogens (tertiary/aromatic N) is 4. The number of nitriles is 1. The third-order valence-corrected chi connectivity index (χ3v) is 9.58. The van der Waals surface area contributed by atoms with Gasteiger partial charge in [0.15, 0.2) is 0 Å². The highest BCUT2D eigenvalue weighted by molar-refractivity contribution is 6.03. The van der Waals surface area contributed by atoms with Crippen molar-refractivity contribution >= 4 is 28.3 Å². The van der Waals surface area contributed by atoms with Crippen LogP contribution in [0.2, 0.25) is 0 Å². The molecule has 0 fully saturated rings. The molecule has 2 unspecified atom stereocenters. The van der Waals surface area contributed by atoms with E-state index < -0.39 is 0 Å².